The fourth-order valence-corrected chi connectivity index (χ4v) is 1.66. The van der Waals surface area contributed by atoms with E-state index in [4.69, 9.17) is 0 Å². The molecule has 0 unspecified atom stereocenters. The van der Waals surface area contributed by atoms with Gasteiger partial charge in [0.05, 0.1) is 0 Å². The molecule has 0 bridgehead atoms. The highest BCUT2D eigenvalue weighted by molar-refractivity contribution is 6.35. The van der Waals surface area contributed by atoms with E-state index in [0.29, 0.717) is 26.2 Å². The molecule has 8 heteroatoms. The molecular formula is C11H18N4O4. The third-order valence-electron chi connectivity index (χ3n) is 2.73. The van der Waals surface area contributed by atoms with Gasteiger partial charge in [0.1, 0.15) is 0 Å². The number of carbonyl (C=O) groups is 4. The second-order valence-corrected chi connectivity index (χ2v) is 4.17. The highest BCUT2D eigenvalue weighted by atomic mass is 16.2. The summed E-state index contributed by atoms with van der Waals surface area (Å²) < 4.78 is 0. The summed E-state index contributed by atoms with van der Waals surface area (Å²) in [7, 11) is 0. The van der Waals surface area contributed by atoms with E-state index in [-0.39, 0.29) is 19.0 Å². The van der Waals surface area contributed by atoms with Gasteiger partial charge in [-0.3, -0.25) is 19.2 Å². The van der Waals surface area contributed by atoms with E-state index < -0.39 is 11.8 Å². The fraction of sp³-hybridized carbons (Fsp3) is 0.636. The Hall–Kier alpha value is -2.12. The van der Waals surface area contributed by atoms with Crippen LogP contribution in [0.1, 0.15) is 6.92 Å². The average Bonchev–Trinajstić information content (AvgIpc) is 2.42. The molecule has 19 heavy (non-hydrogen) atoms. The normalized spacial score (nSPS) is 14.8. The first-order valence-electron chi connectivity index (χ1n) is 6.05. The summed E-state index contributed by atoms with van der Waals surface area (Å²) in [6.07, 6.45) is 0.731. The van der Waals surface area contributed by atoms with Gasteiger partial charge in [-0.1, -0.05) is 0 Å². The van der Waals surface area contributed by atoms with Crippen LogP contribution in [0.25, 0.3) is 0 Å². The van der Waals surface area contributed by atoms with Crippen molar-refractivity contribution >= 4 is 24.1 Å². The molecule has 1 saturated heterocycles. The van der Waals surface area contributed by atoms with Crippen LogP contribution >= 0.6 is 0 Å². The number of hydrogen-bond acceptors (Lipinski definition) is 4. The summed E-state index contributed by atoms with van der Waals surface area (Å²) in [5, 5.41) is 4.94. The van der Waals surface area contributed by atoms with E-state index >= 15 is 0 Å². The number of nitrogens with one attached hydrogen (secondary N) is 2. The van der Waals surface area contributed by atoms with Gasteiger partial charge in [0.15, 0.2) is 0 Å². The molecule has 0 aromatic carbocycles. The quantitative estimate of drug-likeness (QED) is 0.336. The lowest BCUT2D eigenvalue weighted by atomic mass is 10.3. The molecule has 8 nitrogen and oxygen atoms in total. The van der Waals surface area contributed by atoms with Crippen molar-refractivity contribution in [3.8, 4) is 0 Å². The average molecular weight is 270 g/mol. The molecule has 0 saturated carbocycles. The minimum Gasteiger partial charge on any atom is -0.355 e. The van der Waals surface area contributed by atoms with E-state index in [1.54, 1.807) is 4.90 Å². The summed E-state index contributed by atoms with van der Waals surface area (Å²) in [5.41, 5.74) is 0. The van der Waals surface area contributed by atoms with Crippen LogP contribution in [0.4, 0.5) is 0 Å². The molecular weight excluding hydrogens is 252 g/mol. The van der Waals surface area contributed by atoms with Crippen molar-refractivity contribution in [1.29, 1.82) is 0 Å². The first-order chi connectivity index (χ1) is 9.04. The predicted octanol–water partition coefficient (Wildman–Crippen LogP) is -2.46. The van der Waals surface area contributed by atoms with Gasteiger partial charge in [-0.2, -0.15) is 0 Å². The predicted molar refractivity (Wildman–Crippen MR) is 65.9 cm³/mol. The van der Waals surface area contributed by atoms with Crippen LogP contribution in [0, 0.1) is 0 Å². The summed E-state index contributed by atoms with van der Waals surface area (Å²) in [6.45, 7) is 3.46. The van der Waals surface area contributed by atoms with Gasteiger partial charge >= 0.3 is 11.8 Å². The van der Waals surface area contributed by atoms with Crippen LogP contribution < -0.4 is 10.6 Å². The van der Waals surface area contributed by atoms with E-state index in [9.17, 15) is 19.2 Å². The Kier molecular flexibility index (Phi) is 5.77. The summed E-state index contributed by atoms with van der Waals surface area (Å²) in [4.78, 5) is 47.4. The van der Waals surface area contributed by atoms with Crippen molar-refractivity contribution < 1.29 is 19.2 Å². The minimum absolute atomic E-state index is 0.189. The van der Waals surface area contributed by atoms with Crippen LogP contribution in [0.5, 0.6) is 0 Å². The molecule has 0 aliphatic carbocycles. The number of rotatable bonds is 4. The fourth-order valence-electron chi connectivity index (χ4n) is 1.66. The van der Waals surface area contributed by atoms with Gasteiger partial charge < -0.3 is 20.4 Å². The largest absolute Gasteiger partial charge is 0.355 e. The molecule has 1 aliphatic rings. The van der Waals surface area contributed by atoms with Crippen LogP contribution in [0.2, 0.25) is 0 Å². The zero-order chi connectivity index (χ0) is 14.3. The standard InChI is InChI=1S/C11H18N4O4/c1-9(17)12-2-3-13-10(18)11(19)15-6-4-14(8-16)5-7-15/h8H,2-7H2,1H3,(H,12,17)(H,13,18). The highest BCUT2D eigenvalue weighted by Gasteiger charge is 2.24. The molecule has 1 fully saturated rings. The molecule has 4 amide bonds. The molecule has 106 valence electrons. The number of amides is 4. The van der Waals surface area contributed by atoms with Gasteiger partial charge in [0.25, 0.3) is 0 Å². The van der Waals surface area contributed by atoms with Crippen molar-refractivity contribution in [1.82, 2.24) is 20.4 Å². The Balaban J connectivity index is 2.27. The molecule has 2 N–H and O–H groups in total. The van der Waals surface area contributed by atoms with Crippen molar-refractivity contribution in [2.24, 2.45) is 0 Å². The molecule has 1 rings (SSSR count). The van der Waals surface area contributed by atoms with Crippen molar-refractivity contribution in [3.05, 3.63) is 0 Å². The van der Waals surface area contributed by atoms with Gasteiger partial charge in [-0.15, -0.1) is 0 Å². The summed E-state index contributed by atoms with van der Waals surface area (Å²) >= 11 is 0. The van der Waals surface area contributed by atoms with Gasteiger partial charge in [0.2, 0.25) is 12.3 Å². The van der Waals surface area contributed by atoms with E-state index in [1.165, 1.54) is 11.8 Å². The minimum atomic E-state index is -0.690. The van der Waals surface area contributed by atoms with Gasteiger partial charge in [-0.05, 0) is 0 Å². The zero-order valence-electron chi connectivity index (χ0n) is 10.8. The lowest BCUT2D eigenvalue weighted by Gasteiger charge is -2.31. The molecule has 0 atom stereocenters. The van der Waals surface area contributed by atoms with Crippen LogP contribution in [0.3, 0.4) is 0 Å². The van der Waals surface area contributed by atoms with Crippen LogP contribution in [0.15, 0.2) is 0 Å². The SMILES string of the molecule is CC(=O)NCCNC(=O)C(=O)N1CCN(C=O)CC1. The molecule has 0 aromatic heterocycles. The van der Waals surface area contributed by atoms with Crippen LogP contribution in [-0.2, 0) is 19.2 Å². The first kappa shape index (κ1) is 14.9. The van der Waals surface area contributed by atoms with Crippen molar-refractivity contribution in [3.63, 3.8) is 0 Å². The second-order valence-electron chi connectivity index (χ2n) is 4.17. The van der Waals surface area contributed by atoms with E-state index in [0.717, 1.165) is 6.41 Å². The number of carbonyl (C=O) groups excluding carboxylic acids is 4. The molecule has 0 spiro atoms. The Labute approximate surface area is 111 Å². The second kappa shape index (κ2) is 7.34. The topological polar surface area (TPSA) is 98.8 Å². The maximum absolute atomic E-state index is 11.7. The van der Waals surface area contributed by atoms with E-state index in [1.807, 2.05) is 0 Å². The van der Waals surface area contributed by atoms with Gasteiger partial charge in [0, 0.05) is 46.2 Å². The maximum Gasteiger partial charge on any atom is 0.312 e. The lowest BCUT2D eigenvalue weighted by molar-refractivity contribution is -0.147. The van der Waals surface area contributed by atoms with Crippen LogP contribution in [-0.4, -0.2) is 73.2 Å². The monoisotopic (exact) mass is 270 g/mol. The Morgan fingerprint density at radius 2 is 1.63 bits per heavy atom. The summed E-state index contributed by atoms with van der Waals surface area (Å²) in [5.74, 6) is -1.48. The van der Waals surface area contributed by atoms with Crippen molar-refractivity contribution in [2.45, 2.75) is 6.92 Å². The molecule has 1 aliphatic heterocycles. The highest BCUT2D eigenvalue weighted by Crippen LogP contribution is 1.99. The van der Waals surface area contributed by atoms with Crippen molar-refractivity contribution in [2.75, 3.05) is 39.3 Å². The molecule has 1 heterocycles. The zero-order valence-corrected chi connectivity index (χ0v) is 10.8. The summed E-state index contributed by atoms with van der Waals surface area (Å²) in [6, 6.07) is 0. The smallest absolute Gasteiger partial charge is 0.312 e. The van der Waals surface area contributed by atoms with E-state index in [2.05, 4.69) is 10.6 Å². The molecule has 0 aromatic rings. The maximum atomic E-state index is 11.7. The third kappa shape index (κ3) is 4.94. The Bertz CT molecular complexity index is 364. The third-order valence-corrected chi connectivity index (χ3v) is 2.73. The Morgan fingerprint density at radius 3 is 2.16 bits per heavy atom. The Morgan fingerprint density at radius 1 is 1.05 bits per heavy atom. The number of nitrogens with zero attached hydrogens (tertiary/aromatic N) is 2. The first-order valence-corrected chi connectivity index (χ1v) is 6.05. The van der Waals surface area contributed by atoms with Gasteiger partial charge in [-0.25, -0.2) is 0 Å². The number of piperazine rings is 1. The number of hydrogen-bond donors (Lipinski definition) is 2. The lowest BCUT2D eigenvalue weighted by Crippen LogP contribution is -2.52. The molecule has 0 radical (unpaired) electrons.